The summed E-state index contributed by atoms with van der Waals surface area (Å²) >= 11 is 0. The maximum Gasteiger partial charge on any atom is 0.132 e. The number of nitrogens with two attached hydrogens (primary N) is 2. The van der Waals surface area contributed by atoms with Gasteiger partial charge in [-0.1, -0.05) is 12.2 Å². The van der Waals surface area contributed by atoms with E-state index in [1.54, 1.807) is 0 Å². The summed E-state index contributed by atoms with van der Waals surface area (Å²) in [7, 11) is 0. The molecule has 0 bridgehead atoms. The minimum absolute atomic E-state index is 0.0943. The normalized spacial score (nSPS) is 28.3. The zero-order valence-electron chi connectivity index (χ0n) is 7.21. The highest BCUT2D eigenvalue weighted by Crippen LogP contribution is 2.21. The Balaban J connectivity index is 2.69. The summed E-state index contributed by atoms with van der Waals surface area (Å²) in [5.41, 5.74) is 11.7. The molecule has 0 spiro atoms. The molecule has 0 aliphatic heterocycles. The van der Waals surface area contributed by atoms with E-state index in [0.29, 0.717) is 12.8 Å². The van der Waals surface area contributed by atoms with Crippen LogP contribution in [0, 0.1) is 0 Å². The van der Waals surface area contributed by atoms with Crippen LogP contribution in [0.5, 0.6) is 0 Å². The van der Waals surface area contributed by atoms with E-state index in [4.69, 9.17) is 11.5 Å². The maximum absolute atomic E-state index is 10.8. The van der Waals surface area contributed by atoms with Crippen LogP contribution in [-0.4, -0.2) is 11.3 Å². The van der Waals surface area contributed by atoms with Crippen molar-refractivity contribution >= 4 is 5.78 Å². The fraction of sp³-hybridized carbons (Fsp3) is 0.444. The van der Waals surface area contributed by atoms with E-state index >= 15 is 0 Å². The molecule has 1 aliphatic carbocycles. The molecule has 1 atom stereocenters. The number of rotatable bonds is 2. The Hall–Kier alpha value is -1.09. The average molecular weight is 166 g/mol. The summed E-state index contributed by atoms with van der Waals surface area (Å²) in [6.45, 7) is 1.54. The van der Waals surface area contributed by atoms with Crippen LogP contribution in [-0.2, 0) is 4.79 Å². The number of hydrogen-bond acceptors (Lipinski definition) is 3. The molecule has 3 heteroatoms. The van der Waals surface area contributed by atoms with Crippen molar-refractivity contribution in [2.75, 3.05) is 0 Å². The van der Waals surface area contributed by atoms with Crippen LogP contribution in [0.15, 0.2) is 23.9 Å². The van der Waals surface area contributed by atoms with Gasteiger partial charge in [-0.05, 0) is 13.0 Å². The van der Waals surface area contributed by atoms with Crippen LogP contribution in [0.25, 0.3) is 0 Å². The van der Waals surface area contributed by atoms with Gasteiger partial charge in [-0.3, -0.25) is 4.79 Å². The Labute approximate surface area is 72.1 Å². The predicted octanol–water partition coefficient (Wildman–Crippen LogP) is 0.466. The molecular formula is C9H14N2O. The van der Waals surface area contributed by atoms with Gasteiger partial charge in [0.1, 0.15) is 5.78 Å². The van der Waals surface area contributed by atoms with Crippen molar-refractivity contribution in [2.24, 2.45) is 11.5 Å². The molecule has 0 fully saturated rings. The molecule has 66 valence electrons. The van der Waals surface area contributed by atoms with E-state index in [9.17, 15) is 4.79 Å². The number of allylic oxidation sites excluding steroid dienone is 2. The van der Waals surface area contributed by atoms with Gasteiger partial charge < -0.3 is 11.5 Å². The summed E-state index contributed by atoms with van der Waals surface area (Å²) < 4.78 is 0. The molecule has 0 saturated carbocycles. The largest absolute Gasteiger partial charge is 0.402 e. The molecular weight excluding hydrogens is 152 g/mol. The Bertz CT molecular complexity index is 251. The lowest BCUT2D eigenvalue weighted by atomic mass is 9.86. The lowest BCUT2D eigenvalue weighted by molar-refractivity contribution is -0.117. The summed E-state index contributed by atoms with van der Waals surface area (Å²) in [6.07, 6.45) is 6.39. The maximum atomic E-state index is 10.8. The molecule has 12 heavy (non-hydrogen) atoms. The summed E-state index contributed by atoms with van der Waals surface area (Å²) in [5.74, 6) is 0.0943. The third kappa shape index (κ3) is 2.20. The van der Waals surface area contributed by atoms with Crippen molar-refractivity contribution in [1.82, 2.24) is 0 Å². The van der Waals surface area contributed by atoms with Crippen molar-refractivity contribution in [3.8, 4) is 0 Å². The molecule has 1 aliphatic rings. The Kier molecular flexibility index (Phi) is 2.33. The van der Waals surface area contributed by atoms with Gasteiger partial charge in [-0.15, -0.1) is 0 Å². The summed E-state index contributed by atoms with van der Waals surface area (Å²) in [6, 6.07) is 0. The molecule has 1 rings (SSSR count). The first-order chi connectivity index (χ1) is 5.52. The molecule has 3 nitrogen and oxygen atoms in total. The smallest absolute Gasteiger partial charge is 0.132 e. The number of ketones is 1. The highest BCUT2D eigenvalue weighted by molar-refractivity contribution is 5.77. The van der Waals surface area contributed by atoms with Gasteiger partial charge in [-0.2, -0.15) is 0 Å². The van der Waals surface area contributed by atoms with E-state index in [2.05, 4.69) is 0 Å². The zero-order valence-corrected chi connectivity index (χ0v) is 7.21. The van der Waals surface area contributed by atoms with Gasteiger partial charge in [0.2, 0.25) is 0 Å². The Morgan fingerprint density at radius 2 is 2.42 bits per heavy atom. The van der Waals surface area contributed by atoms with E-state index in [-0.39, 0.29) is 5.78 Å². The highest BCUT2D eigenvalue weighted by atomic mass is 16.1. The Morgan fingerprint density at radius 1 is 1.75 bits per heavy atom. The molecule has 0 aromatic rings. The lowest BCUT2D eigenvalue weighted by Crippen LogP contribution is -2.41. The van der Waals surface area contributed by atoms with E-state index in [1.807, 2.05) is 18.2 Å². The van der Waals surface area contributed by atoms with E-state index in [0.717, 1.165) is 5.70 Å². The third-order valence-electron chi connectivity index (χ3n) is 1.85. The SMILES string of the molecule is CC(=O)CC1(N)C=CC=C(N)C1. The second-order valence-electron chi connectivity index (χ2n) is 3.39. The summed E-state index contributed by atoms with van der Waals surface area (Å²) in [5, 5.41) is 0. The van der Waals surface area contributed by atoms with Crippen LogP contribution < -0.4 is 11.5 Å². The molecule has 4 N–H and O–H groups in total. The average Bonchev–Trinajstić information content (AvgIpc) is 1.82. The lowest BCUT2D eigenvalue weighted by Gasteiger charge is -2.27. The molecule has 0 heterocycles. The van der Waals surface area contributed by atoms with Gasteiger partial charge in [0.15, 0.2) is 0 Å². The fourth-order valence-corrected chi connectivity index (χ4v) is 1.45. The summed E-state index contributed by atoms with van der Waals surface area (Å²) in [4.78, 5) is 10.8. The first-order valence-electron chi connectivity index (χ1n) is 3.94. The molecule has 0 aromatic heterocycles. The van der Waals surface area contributed by atoms with Crippen molar-refractivity contribution in [3.63, 3.8) is 0 Å². The molecule has 1 unspecified atom stereocenters. The minimum Gasteiger partial charge on any atom is -0.402 e. The van der Waals surface area contributed by atoms with E-state index < -0.39 is 5.54 Å². The second-order valence-corrected chi connectivity index (χ2v) is 3.39. The molecule has 0 saturated heterocycles. The predicted molar refractivity (Wildman–Crippen MR) is 48.2 cm³/mol. The highest BCUT2D eigenvalue weighted by Gasteiger charge is 2.25. The number of hydrogen-bond donors (Lipinski definition) is 2. The quantitative estimate of drug-likeness (QED) is 0.626. The topological polar surface area (TPSA) is 69.1 Å². The van der Waals surface area contributed by atoms with Gasteiger partial charge in [0, 0.05) is 24.1 Å². The first-order valence-corrected chi connectivity index (χ1v) is 3.94. The van der Waals surface area contributed by atoms with Crippen molar-refractivity contribution < 1.29 is 4.79 Å². The van der Waals surface area contributed by atoms with Crippen molar-refractivity contribution in [2.45, 2.75) is 25.3 Å². The van der Waals surface area contributed by atoms with Gasteiger partial charge in [-0.25, -0.2) is 0 Å². The van der Waals surface area contributed by atoms with Gasteiger partial charge >= 0.3 is 0 Å². The first kappa shape index (κ1) is 9.00. The van der Waals surface area contributed by atoms with Gasteiger partial charge in [0.25, 0.3) is 0 Å². The molecule has 0 radical (unpaired) electrons. The standard InChI is InChI=1S/C9H14N2O/c1-7(12)5-9(11)4-2-3-8(10)6-9/h2-4H,5-6,10-11H2,1H3. The van der Waals surface area contributed by atoms with Crippen molar-refractivity contribution in [3.05, 3.63) is 23.9 Å². The molecule has 0 aromatic carbocycles. The Morgan fingerprint density at radius 3 is 2.92 bits per heavy atom. The number of carbonyl (C=O) groups is 1. The third-order valence-corrected chi connectivity index (χ3v) is 1.85. The zero-order chi connectivity index (χ0) is 9.19. The van der Waals surface area contributed by atoms with Crippen LogP contribution in [0.1, 0.15) is 19.8 Å². The van der Waals surface area contributed by atoms with Crippen LogP contribution in [0.4, 0.5) is 0 Å². The van der Waals surface area contributed by atoms with E-state index in [1.165, 1.54) is 6.92 Å². The second kappa shape index (κ2) is 3.11. The minimum atomic E-state index is -0.551. The number of Topliss-reactive ketones (excluding diaryl/α,β-unsaturated/α-hetero) is 1. The van der Waals surface area contributed by atoms with Crippen LogP contribution in [0.3, 0.4) is 0 Å². The van der Waals surface area contributed by atoms with Crippen LogP contribution >= 0.6 is 0 Å². The van der Waals surface area contributed by atoms with Crippen LogP contribution in [0.2, 0.25) is 0 Å². The number of carbonyl (C=O) groups excluding carboxylic acids is 1. The monoisotopic (exact) mass is 166 g/mol. The molecule has 0 amide bonds. The van der Waals surface area contributed by atoms with Crippen molar-refractivity contribution in [1.29, 1.82) is 0 Å². The fourth-order valence-electron chi connectivity index (χ4n) is 1.45. The van der Waals surface area contributed by atoms with Gasteiger partial charge in [0.05, 0.1) is 0 Å².